The van der Waals surface area contributed by atoms with Crippen LogP contribution in [0.1, 0.15) is 117 Å². The summed E-state index contributed by atoms with van der Waals surface area (Å²) in [5.41, 5.74) is 0. The molecule has 0 radical (unpaired) electrons. The van der Waals surface area contributed by atoms with E-state index in [0.717, 1.165) is 25.7 Å². The first-order valence-corrected chi connectivity index (χ1v) is 12.0. The van der Waals surface area contributed by atoms with Crippen LogP contribution < -0.4 is 0 Å². The van der Waals surface area contributed by atoms with Gasteiger partial charge in [0.05, 0.1) is 0 Å². The fourth-order valence-electron chi connectivity index (χ4n) is 4.08. The second kappa shape index (κ2) is 15.7. The minimum absolute atomic E-state index is 0.528. The summed E-state index contributed by atoms with van der Waals surface area (Å²) in [5.74, 6) is 0. The summed E-state index contributed by atoms with van der Waals surface area (Å²) in [4.78, 5) is 2.82. The molecule has 162 valence electrons. The number of halogens is 2. The van der Waals surface area contributed by atoms with Gasteiger partial charge in [-0.05, 0) is 12.8 Å². The fraction of sp³-hybridized carbons (Fsp3) is 1.00. The molecule has 0 aliphatic carbocycles. The number of alkyl halides is 2. The topological polar surface area (TPSA) is 6.48 Å². The van der Waals surface area contributed by atoms with E-state index in [2.05, 4.69) is 13.8 Å². The third kappa shape index (κ3) is 10.8. The third-order valence-electron chi connectivity index (χ3n) is 5.96. The second-order valence-electron chi connectivity index (χ2n) is 8.43. The lowest BCUT2D eigenvalue weighted by Gasteiger charge is -2.29. The Morgan fingerprint density at radius 1 is 0.519 bits per heavy atom. The Kier molecular flexibility index (Phi) is 14.4. The minimum atomic E-state index is -2.72. The molecular formula is C23H46F2N2. The maximum Gasteiger partial charge on any atom is 0.369 e. The van der Waals surface area contributed by atoms with E-state index in [9.17, 15) is 8.78 Å². The Hall–Kier alpha value is -0.220. The number of nitrogens with zero attached hydrogens (tertiary/aromatic N) is 2. The smallest absolute Gasteiger partial charge is 0.229 e. The summed E-state index contributed by atoms with van der Waals surface area (Å²) in [7, 11) is 0. The van der Waals surface area contributed by atoms with Crippen LogP contribution in [-0.4, -0.2) is 42.1 Å². The van der Waals surface area contributed by atoms with Gasteiger partial charge < -0.3 is 0 Å². The molecule has 27 heavy (non-hydrogen) atoms. The molecule has 1 fully saturated rings. The molecule has 0 bridgehead atoms. The predicted molar refractivity (Wildman–Crippen MR) is 113 cm³/mol. The van der Waals surface area contributed by atoms with Gasteiger partial charge in [0.15, 0.2) is 0 Å². The molecule has 0 amide bonds. The van der Waals surface area contributed by atoms with Crippen molar-refractivity contribution in [1.29, 1.82) is 0 Å². The molecular weight excluding hydrogens is 342 g/mol. The van der Waals surface area contributed by atoms with E-state index in [-0.39, 0.29) is 0 Å². The monoisotopic (exact) mass is 388 g/mol. The molecule has 0 saturated carbocycles. The number of hydrogen-bond acceptors (Lipinski definition) is 2. The molecule has 1 aliphatic heterocycles. The predicted octanol–water partition coefficient (Wildman–Crippen LogP) is 7.44. The zero-order chi connectivity index (χ0) is 19.8. The first-order valence-electron chi connectivity index (χ1n) is 12.0. The van der Waals surface area contributed by atoms with E-state index in [1.54, 1.807) is 0 Å². The highest BCUT2D eigenvalue weighted by atomic mass is 19.3. The van der Waals surface area contributed by atoms with Gasteiger partial charge in [-0.15, -0.1) is 0 Å². The normalized spacial score (nSPS) is 17.8. The van der Waals surface area contributed by atoms with Gasteiger partial charge in [-0.3, -0.25) is 0 Å². The van der Waals surface area contributed by atoms with E-state index in [0.29, 0.717) is 26.2 Å². The molecule has 1 saturated heterocycles. The van der Waals surface area contributed by atoms with Crippen molar-refractivity contribution in [2.24, 2.45) is 0 Å². The molecule has 4 heteroatoms. The van der Waals surface area contributed by atoms with Crippen molar-refractivity contribution in [2.75, 3.05) is 26.2 Å². The molecule has 0 spiro atoms. The summed E-state index contributed by atoms with van der Waals surface area (Å²) in [6.45, 7) is 6.62. The van der Waals surface area contributed by atoms with Gasteiger partial charge in [-0.2, -0.15) is 8.78 Å². The van der Waals surface area contributed by atoms with Gasteiger partial charge in [0.25, 0.3) is 0 Å². The van der Waals surface area contributed by atoms with Crippen LogP contribution in [0.15, 0.2) is 0 Å². The molecule has 1 rings (SSSR count). The number of hydrogen-bond donors (Lipinski definition) is 0. The van der Waals surface area contributed by atoms with Crippen LogP contribution in [0.5, 0.6) is 0 Å². The van der Waals surface area contributed by atoms with Crippen LogP contribution in [0.4, 0.5) is 8.78 Å². The highest BCUT2D eigenvalue weighted by Crippen LogP contribution is 2.30. The molecule has 0 aromatic carbocycles. The van der Waals surface area contributed by atoms with E-state index in [1.165, 1.54) is 86.8 Å². The standard InChI is InChI=1S/C23H46F2N2/c1-3-5-7-9-11-13-15-17-19-26-21-22-27(23(26,24)25)20-18-16-14-12-10-8-6-4-2/h3-22H2,1-2H3. The van der Waals surface area contributed by atoms with E-state index < -0.39 is 6.17 Å². The van der Waals surface area contributed by atoms with E-state index in [4.69, 9.17) is 0 Å². The van der Waals surface area contributed by atoms with Gasteiger partial charge in [0.1, 0.15) is 0 Å². The Labute approximate surface area is 168 Å². The summed E-state index contributed by atoms with van der Waals surface area (Å²) < 4.78 is 29.1. The zero-order valence-electron chi connectivity index (χ0n) is 18.3. The molecule has 1 aliphatic rings. The summed E-state index contributed by atoms with van der Waals surface area (Å²) >= 11 is 0. The maximum absolute atomic E-state index is 14.6. The lowest BCUT2D eigenvalue weighted by Crippen LogP contribution is -2.46. The Morgan fingerprint density at radius 3 is 1.15 bits per heavy atom. The Bertz CT molecular complexity index is 306. The molecule has 0 unspecified atom stereocenters. The average Bonchev–Trinajstić information content (AvgIpc) is 2.93. The average molecular weight is 389 g/mol. The van der Waals surface area contributed by atoms with Crippen LogP contribution in [0.3, 0.4) is 0 Å². The van der Waals surface area contributed by atoms with Crippen LogP contribution in [-0.2, 0) is 0 Å². The second-order valence-corrected chi connectivity index (χ2v) is 8.43. The van der Waals surface area contributed by atoms with Gasteiger partial charge >= 0.3 is 6.17 Å². The van der Waals surface area contributed by atoms with Crippen molar-refractivity contribution in [3.8, 4) is 0 Å². The van der Waals surface area contributed by atoms with Crippen molar-refractivity contribution in [2.45, 2.75) is 123 Å². The van der Waals surface area contributed by atoms with Gasteiger partial charge in [-0.1, -0.05) is 104 Å². The van der Waals surface area contributed by atoms with Crippen LogP contribution in [0, 0.1) is 0 Å². The highest BCUT2D eigenvalue weighted by Gasteiger charge is 2.47. The third-order valence-corrected chi connectivity index (χ3v) is 5.96. The first kappa shape index (κ1) is 24.8. The van der Waals surface area contributed by atoms with Crippen LogP contribution in [0.25, 0.3) is 0 Å². The lowest BCUT2D eigenvalue weighted by atomic mass is 10.1. The molecule has 1 heterocycles. The molecule has 2 nitrogen and oxygen atoms in total. The number of rotatable bonds is 18. The van der Waals surface area contributed by atoms with Gasteiger partial charge in [-0.25, -0.2) is 9.80 Å². The van der Waals surface area contributed by atoms with Crippen molar-refractivity contribution in [1.82, 2.24) is 9.80 Å². The lowest BCUT2D eigenvalue weighted by molar-refractivity contribution is -0.210. The van der Waals surface area contributed by atoms with E-state index >= 15 is 0 Å². The maximum atomic E-state index is 14.6. The van der Waals surface area contributed by atoms with Crippen LogP contribution >= 0.6 is 0 Å². The molecule has 0 aromatic heterocycles. The van der Waals surface area contributed by atoms with Crippen molar-refractivity contribution in [3.63, 3.8) is 0 Å². The summed E-state index contributed by atoms with van der Waals surface area (Å²) in [6, 6.07) is 0. The SMILES string of the molecule is CCCCCCCCCCN1CCN(CCCCCCCCCC)C1(F)F. The van der Waals surface area contributed by atoms with Gasteiger partial charge in [0, 0.05) is 26.2 Å². The summed E-state index contributed by atoms with van der Waals surface area (Å²) in [5, 5.41) is 0. The highest BCUT2D eigenvalue weighted by molar-refractivity contribution is 4.81. The Morgan fingerprint density at radius 2 is 0.815 bits per heavy atom. The summed E-state index contributed by atoms with van der Waals surface area (Å²) in [6.07, 6.45) is 16.7. The fourth-order valence-corrected chi connectivity index (χ4v) is 4.08. The van der Waals surface area contributed by atoms with Crippen molar-refractivity contribution < 1.29 is 8.78 Å². The number of unbranched alkanes of at least 4 members (excludes halogenated alkanes) is 14. The first-order chi connectivity index (χ1) is 13.1. The zero-order valence-corrected chi connectivity index (χ0v) is 18.3. The van der Waals surface area contributed by atoms with Crippen molar-refractivity contribution in [3.05, 3.63) is 0 Å². The molecule has 0 atom stereocenters. The van der Waals surface area contributed by atoms with Crippen molar-refractivity contribution >= 4 is 0 Å². The quantitative estimate of drug-likeness (QED) is 0.178. The molecule has 0 aromatic rings. The molecule has 0 N–H and O–H groups in total. The largest absolute Gasteiger partial charge is 0.369 e. The van der Waals surface area contributed by atoms with Crippen LogP contribution in [0.2, 0.25) is 0 Å². The Balaban J connectivity index is 2.05. The minimum Gasteiger partial charge on any atom is -0.229 e. The van der Waals surface area contributed by atoms with Gasteiger partial charge in [0.2, 0.25) is 0 Å². The van der Waals surface area contributed by atoms with E-state index in [1.807, 2.05) is 0 Å².